The van der Waals surface area contributed by atoms with Crippen LogP contribution in [0.25, 0.3) is 0 Å². The van der Waals surface area contributed by atoms with Gasteiger partial charge in [0.1, 0.15) is 0 Å². The van der Waals surface area contributed by atoms with E-state index in [9.17, 15) is 5.11 Å². The molecule has 0 aromatic rings. The van der Waals surface area contributed by atoms with Gasteiger partial charge in [-0.2, -0.15) is 0 Å². The Bertz CT molecular complexity index is 110. The lowest BCUT2D eigenvalue weighted by molar-refractivity contribution is 0.0785. The van der Waals surface area contributed by atoms with Gasteiger partial charge >= 0.3 is 0 Å². The maximum Gasteiger partial charge on any atom is 0.0719 e. The molecule has 4 nitrogen and oxygen atoms in total. The monoisotopic (exact) mass is 146 g/mol. The SMILES string of the molecule is N[C@H]1CN[C@H](CO)C[C@H]1O. The van der Waals surface area contributed by atoms with Crippen molar-refractivity contribution in [2.45, 2.75) is 24.6 Å². The molecular weight excluding hydrogens is 132 g/mol. The van der Waals surface area contributed by atoms with Crippen LogP contribution in [0.15, 0.2) is 0 Å². The standard InChI is InChI=1S/C6H14N2O2/c7-5-2-8-4(3-9)1-6(5)10/h4-6,8-10H,1-3,7H2/t4-,5-,6+/m0/s1. The third-order valence-corrected chi connectivity index (χ3v) is 1.88. The fraction of sp³-hybridized carbons (Fsp3) is 1.00. The lowest BCUT2D eigenvalue weighted by atomic mass is 9.99. The van der Waals surface area contributed by atoms with Gasteiger partial charge in [-0.15, -0.1) is 0 Å². The van der Waals surface area contributed by atoms with Crippen LogP contribution in [0.3, 0.4) is 0 Å². The van der Waals surface area contributed by atoms with Crippen LogP contribution in [0.2, 0.25) is 0 Å². The Morgan fingerprint density at radius 2 is 2.30 bits per heavy atom. The second-order valence-electron chi connectivity index (χ2n) is 2.75. The van der Waals surface area contributed by atoms with E-state index in [0.717, 1.165) is 0 Å². The molecule has 0 saturated carbocycles. The van der Waals surface area contributed by atoms with E-state index in [2.05, 4.69) is 5.32 Å². The van der Waals surface area contributed by atoms with Crippen molar-refractivity contribution >= 4 is 0 Å². The Labute approximate surface area is 60.0 Å². The molecule has 1 aliphatic heterocycles. The van der Waals surface area contributed by atoms with Crippen molar-refractivity contribution < 1.29 is 10.2 Å². The predicted octanol–water partition coefficient (Wildman–Crippen LogP) is -1.97. The number of nitrogens with two attached hydrogens (primary N) is 1. The van der Waals surface area contributed by atoms with Crippen LogP contribution in [0, 0.1) is 0 Å². The first kappa shape index (κ1) is 7.94. The second kappa shape index (κ2) is 3.30. The molecule has 0 radical (unpaired) electrons. The molecule has 0 aromatic carbocycles. The van der Waals surface area contributed by atoms with Gasteiger partial charge in [0.15, 0.2) is 0 Å². The summed E-state index contributed by atoms with van der Waals surface area (Å²) < 4.78 is 0. The van der Waals surface area contributed by atoms with Crippen molar-refractivity contribution in [3.8, 4) is 0 Å². The number of nitrogens with one attached hydrogen (secondary N) is 1. The summed E-state index contributed by atoms with van der Waals surface area (Å²) >= 11 is 0. The van der Waals surface area contributed by atoms with E-state index in [1.807, 2.05) is 0 Å². The van der Waals surface area contributed by atoms with Gasteiger partial charge in [0, 0.05) is 18.6 Å². The van der Waals surface area contributed by atoms with Crippen molar-refractivity contribution in [1.29, 1.82) is 0 Å². The molecule has 60 valence electrons. The van der Waals surface area contributed by atoms with Crippen molar-refractivity contribution in [1.82, 2.24) is 5.32 Å². The summed E-state index contributed by atoms with van der Waals surface area (Å²) in [7, 11) is 0. The molecular formula is C6H14N2O2. The summed E-state index contributed by atoms with van der Waals surface area (Å²) in [6, 6.07) is -0.155. The quantitative estimate of drug-likeness (QED) is 0.346. The van der Waals surface area contributed by atoms with Gasteiger partial charge in [0.05, 0.1) is 12.7 Å². The molecule has 0 amide bonds. The number of piperidine rings is 1. The zero-order valence-electron chi connectivity index (χ0n) is 5.83. The van der Waals surface area contributed by atoms with Crippen molar-refractivity contribution in [2.24, 2.45) is 5.73 Å². The molecule has 3 atom stereocenters. The van der Waals surface area contributed by atoms with Gasteiger partial charge in [0.2, 0.25) is 0 Å². The van der Waals surface area contributed by atoms with E-state index >= 15 is 0 Å². The Kier molecular flexibility index (Phi) is 2.62. The molecule has 1 rings (SSSR count). The minimum absolute atomic E-state index is 0.0230. The topological polar surface area (TPSA) is 78.5 Å². The van der Waals surface area contributed by atoms with Gasteiger partial charge in [-0.1, -0.05) is 0 Å². The van der Waals surface area contributed by atoms with Crippen LogP contribution in [-0.4, -0.2) is 41.6 Å². The maximum atomic E-state index is 9.20. The lowest BCUT2D eigenvalue weighted by Crippen LogP contribution is -2.54. The van der Waals surface area contributed by atoms with Gasteiger partial charge in [-0.05, 0) is 6.42 Å². The molecule has 1 aliphatic rings. The van der Waals surface area contributed by atoms with Crippen LogP contribution in [0.1, 0.15) is 6.42 Å². The molecule has 1 saturated heterocycles. The minimum Gasteiger partial charge on any atom is -0.395 e. The zero-order valence-corrected chi connectivity index (χ0v) is 5.83. The molecule has 1 fully saturated rings. The highest BCUT2D eigenvalue weighted by Gasteiger charge is 2.24. The smallest absolute Gasteiger partial charge is 0.0719 e. The van der Waals surface area contributed by atoms with Crippen molar-refractivity contribution in [2.75, 3.05) is 13.2 Å². The van der Waals surface area contributed by atoms with E-state index in [-0.39, 0.29) is 18.7 Å². The van der Waals surface area contributed by atoms with E-state index in [1.165, 1.54) is 0 Å². The number of aliphatic hydroxyl groups is 2. The third-order valence-electron chi connectivity index (χ3n) is 1.88. The Balaban J connectivity index is 2.33. The van der Waals surface area contributed by atoms with E-state index < -0.39 is 6.10 Å². The molecule has 0 spiro atoms. The Morgan fingerprint density at radius 1 is 1.60 bits per heavy atom. The van der Waals surface area contributed by atoms with Gasteiger partial charge < -0.3 is 21.3 Å². The highest BCUT2D eigenvalue weighted by molar-refractivity contribution is 4.85. The minimum atomic E-state index is -0.460. The maximum absolute atomic E-state index is 9.20. The van der Waals surface area contributed by atoms with Crippen LogP contribution in [-0.2, 0) is 0 Å². The van der Waals surface area contributed by atoms with E-state index in [1.54, 1.807) is 0 Å². The second-order valence-corrected chi connectivity index (χ2v) is 2.75. The summed E-state index contributed by atoms with van der Waals surface area (Å²) in [5.74, 6) is 0. The molecule has 1 heterocycles. The summed E-state index contributed by atoms with van der Waals surface area (Å²) in [6.07, 6.45) is 0.0934. The lowest BCUT2D eigenvalue weighted by Gasteiger charge is -2.30. The number of hydrogen-bond acceptors (Lipinski definition) is 4. The largest absolute Gasteiger partial charge is 0.395 e. The molecule has 0 unspecified atom stereocenters. The molecule has 0 bridgehead atoms. The first-order valence-corrected chi connectivity index (χ1v) is 3.52. The third kappa shape index (κ3) is 1.67. The van der Waals surface area contributed by atoms with E-state index in [0.29, 0.717) is 13.0 Å². The number of rotatable bonds is 1. The number of hydrogen-bond donors (Lipinski definition) is 4. The Hall–Kier alpha value is -0.160. The summed E-state index contributed by atoms with van der Waals surface area (Å²) in [6.45, 7) is 0.663. The first-order chi connectivity index (χ1) is 4.74. The molecule has 0 aromatic heterocycles. The zero-order chi connectivity index (χ0) is 7.56. The highest BCUT2D eigenvalue weighted by atomic mass is 16.3. The van der Waals surface area contributed by atoms with E-state index in [4.69, 9.17) is 10.8 Å². The van der Waals surface area contributed by atoms with Crippen LogP contribution in [0.4, 0.5) is 0 Å². The van der Waals surface area contributed by atoms with Crippen LogP contribution >= 0.6 is 0 Å². The predicted molar refractivity (Wildman–Crippen MR) is 37.5 cm³/mol. The van der Waals surface area contributed by atoms with Gasteiger partial charge in [-0.25, -0.2) is 0 Å². The first-order valence-electron chi connectivity index (χ1n) is 3.52. The van der Waals surface area contributed by atoms with Crippen LogP contribution in [0.5, 0.6) is 0 Å². The average molecular weight is 146 g/mol. The fourth-order valence-corrected chi connectivity index (χ4v) is 1.13. The van der Waals surface area contributed by atoms with Crippen molar-refractivity contribution in [3.05, 3.63) is 0 Å². The highest BCUT2D eigenvalue weighted by Crippen LogP contribution is 2.06. The number of aliphatic hydroxyl groups excluding tert-OH is 2. The molecule has 0 aliphatic carbocycles. The van der Waals surface area contributed by atoms with Crippen molar-refractivity contribution in [3.63, 3.8) is 0 Å². The average Bonchev–Trinajstić information content (AvgIpc) is 1.95. The van der Waals surface area contributed by atoms with Gasteiger partial charge in [0.25, 0.3) is 0 Å². The normalized spacial score (nSPS) is 41.7. The summed E-state index contributed by atoms with van der Waals surface area (Å²) in [5, 5.41) is 20.9. The molecule has 5 N–H and O–H groups in total. The Morgan fingerprint density at radius 3 is 2.80 bits per heavy atom. The molecule has 10 heavy (non-hydrogen) atoms. The fourth-order valence-electron chi connectivity index (χ4n) is 1.13. The summed E-state index contributed by atoms with van der Waals surface area (Å²) in [4.78, 5) is 0. The summed E-state index contributed by atoms with van der Waals surface area (Å²) in [5.41, 5.74) is 5.50. The molecule has 4 heteroatoms. The van der Waals surface area contributed by atoms with Crippen LogP contribution < -0.4 is 11.1 Å². The van der Waals surface area contributed by atoms with Gasteiger partial charge in [-0.3, -0.25) is 0 Å².